The van der Waals surface area contributed by atoms with Crippen molar-refractivity contribution in [3.8, 4) is 17.2 Å². The van der Waals surface area contributed by atoms with Gasteiger partial charge in [0.1, 0.15) is 17.2 Å². The molecule has 1 heterocycles. The number of hydrogen-bond acceptors (Lipinski definition) is 5. The molecule has 2 N–H and O–H groups in total. The molecule has 2 amide bonds. The number of rotatable bonds is 8. The average molecular weight is 487 g/mol. The lowest BCUT2D eigenvalue weighted by Gasteiger charge is -2.29. The third-order valence-corrected chi connectivity index (χ3v) is 5.94. The normalized spacial score (nSPS) is 15.2. The van der Waals surface area contributed by atoms with Crippen molar-refractivity contribution in [2.45, 2.75) is 32.7 Å². The highest BCUT2D eigenvalue weighted by atomic mass is 16.5. The number of nitrogens with one attached hydrogen (secondary N) is 2. The van der Waals surface area contributed by atoms with Gasteiger partial charge in [-0.2, -0.15) is 0 Å². The molecular formula is C29H30N2O5. The Bertz CT molecular complexity index is 1250. The zero-order chi connectivity index (χ0) is 25.7. The highest BCUT2D eigenvalue weighted by molar-refractivity contribution is 6.04. The van der Waals surface area contributed by atoms with Gasteiger partial charge in [-0.15, -0.1) is 0 Å². The molecule has 0 fully saturated rings. The summed E-state index contributed by atoms with van der Waals surface area (Å²) in [6.45, 7) is 6.25. The molecule has 36 heavy (non-hydrogen) atoms. The van der Waals surface area contributed by atoms with Crippen LogP contribution in [-0.2, 0) is 9.53 Å². The molecular weight excluding hydrogens is 456 g/mol. The SMILES string of the molecule is CCOC(=O)C1=C(c2ccc(OC)cc2)NC(=O)NC1c1ccc(Oc2ccc(C(C)C)cc2)cc1. The number of esters is 1. The molecule has 0 radical (unpaired) electrons. The van der Waals surface area contributed by atoms with E-state index in [-0.39, 0.29) is 6.61 Å². The van der Waals surface area contributed by atoms with E-state index in [1.54, 1.807) is 38.3 Å². The van der Waals surface area contributed by atoms with Gasteiger partial charge in [-0.1, -0.05) is 38.1 Å². The summed E-state index contributed by atoms with van der Waals surface area (Å²) in [7, 11) is 1.58. The first-order chi connectivity index (χ1) is 17.4. The number of hydrogen-bond donors (Lipinski definition) is 2. The lowest BCUT2D eigenvalue weighted by molar-refractivity contribution is -0.138. The van der Waals surface area contributed by atoms with Crippen molar-refractivity contribution in [1.82, 2.24) is 10.6 Å². The largest absolute Gasteiger partial charge is 0.497 e. The summed E-state index contributed by atoms with van der Waals surface area (Å²) in [5.41, 5.74) is 3.35. The molecule has 0 bridgehead atoms. The Hall–Kier alpha value is -4.26. The van der Waals surface area contributed by atoms with Crippen LogP contribution in [-0.4, -0.2) is 25.7 Å². The van der Waals surface area contributed by atoms with Crippen LogP contribution < -0.4 is 20.1 Å². The summed E-state index contributed by atoms with van der Waals surface area (Å²) in [6, 6.07) is 21.3. The Labute approximate surface area is 211 Å². The van der Waals surface area contributed by atoms with Crippen molar-refractivity contribution in [3.05, 3.63) is 95.1 Å². The fourth-order valence-corrected chi connectivity index (χ4v) is 4.01. The number of carbonyl (C=O) groups excluding carboxylic acids is 2. The molecule has 1 aliphatic heterocycles. The van der Waals surface area contributed by atoms with E-state index in [9.17, 15) is 9.59 Å². The highest BCUT2D eigenvalue weighted by Gasteiger charge is 2.34. The van der Waals surface area contributed by atoms with E-state index in [4.69, 9.17) is 14.2 Å². The van der Waals surface area contributed by atoms with E-state index in [0.29, 0.717) is 34.3 Å². The molecule has 0 aromatic heterocycles. The maximum absolute atomic E-state index is 13.1. The van der Waals surface area contributed by atoms with Crippen LogP contribution in [0, 0.1) is 0 Å². The van der Waals surface area contributed by atoms with Crippen molar-refractivity contribution in [2.75, 3.05) is 13.7 Å². The minimum atomic E-state index is -0.700. The van der Waals surface area contributed by atoms with Gasteiger partial charge in [-0.25, -0.2) is 9.59 Å². The van der Waals surface area contributed by atoms with E-state index < -0.39 is 18.0 Å². The molecule has 1 atom stereocenters. The summed E-state index contributed by atoms with van der Waals surface area (Å²) in [5, 5.41) is 5.63. The van der Waals surface area contributed by atoms with Crippen LogP contribution in [0.1, 0.15) is 49.4 Å². The molecule has 3 aromatic rings. The van der Waals surface area contributed by atoms with Gasteiger partial charge in [0.15, 0.2) is 0 Å². The fourth-order valence-electron chi connectivity index (χ4n) is 4.01. The van der Waals surface area contributed by atoms with Crippen LogP contribution in [0.15, 0.2) is 78.4 Å². The van der Waals surface area contributed by atoms with Crippen LogP contribution in [0.3, 0.4) is 0 Å². The number of benzene rings is 3. The standard InChI is InChI=1S/C29H30N2O5/c1-5-35-28(32)25-26(20-8-12-22(34-4)13-9-20)30-29(33)31-27(25)21-10-16-24(17-11-21)36-23-14-6-19(7-15-23)18(2)3/h6-18,27H,5H2,1-4H3,(H2,30,31,33). The quantitative estimate of drug-likeness (QED) is 0.385. The minimum absolute atomic E-state index is 0.210. The molecule has 7 heteroatoms. The lowest BCUT2D eigenvalue weighted by atomic mass is 9.92. The maximum atomic E-state index is 13.1. The smallest absolute Gasteiger partial charge is 0.338 e. The van der Waals surface area contributed by atoms with E-state index in [2.05, 4.69) is 36.6 Å². The Morgan fingerprint density at radius 3 is 2.03 bits per heavy atom. The predicted molar refractivity (Wildman–Crippen MR) is 138 cm³/mol. The molecule has 3 aromatic carbocycles. The monoisotopic (exact) mass is 486 g/mol. The Morgan fingerprint density at radius 1 is 0.889 bits per heavy atom. The molecule has 0 saturated carbocycles. The van der Waals surface area contributed by atoms with Crippen LogP contribution in [0.5, 0.6) is 17.2 Å². The zero-order valence-corrected chi connectivity index (χ0v) is 20.8. The molecule has 1 aliphatic rings. The van der Waals surface area contributed by atoms with Crippen molar-refractivity contribution in [3.63, 3.8) is 0 Å². The van der Waals surface area contributed by atoms with Gasteiger partial charge in [0, 0.05) is 0 Å². The molecule has 0 aliphatic carbocycles. The zero-order valence-electron chi connectivity index (χ0n) is 20.8. The summed E-state index contributed by atoms with van der Waals surface area (Å²) < 4.78 is 16.6. The van der Waals surface area contributed by atoms with Crippen molar-refractivity contribution < 1.29 is 23.8 Å². The van der Waals surface area contributed by atoms with Crippen LogP contribution >= 0.6 is 0 Å². The molecule has 0 spiro atoms. The van der Waals surface area contributed by atoms with Gasteiger partial charge in [0.25, 0.3) is 0 Å². The third-order valence-electron chi connectivity index (χ3n) is 5.94. The van der Waals surface area contributed by atoms with E-state index in [0.717, 1.165) is 11.3 Å². The predicted octanol–water partition coefficient (Wildman–Crippen LogP) is 5.94. The van der Waals surface area contributed by atoms with Gasteiger partial charge in [0.05, 0.1) is 31.0 Å². The second-order valence-electron chi connectivity index (χ2n) is 8.66. The molecule has 1 unspecified atom stereocenters. The van der Waals surface area contributed by atoms with Crippen LogP contribution in [0.2, 0.25) is 0 Å². The number of carbonyl (C=O) groups is 2. The minimum Gasteiger partial charge on any atom is -0.497 e. The molecule has 7 nitrogen and oxygen atoms in total. The van der Waals surface area contributed by atoms with E-state index >= 15 is 0 Å². The van der Waals surface area contributed by atoms with Gasteiger partial charge < -0.3 is 24.8 Å². The van der Waals surface area contributed by atoms with Gasteiger partial charge in [-0.05, 0) is 78.1 Å². The first-order valence-electron chi connectivity index (χ1n) is 11.9. The van der Waals surface area contributed by atoms with Crippen molar-refractivity contribution in [1.29, 1.82) is 0 Å². The Kier molecular flexibility index (Phi) is 7.59. The summed E-state index contributed by atoms with van der Waals surface area (Å²) in [5.74, 6) is 1.99. The van der Waals surface area contributed by atoms with Crippen molar-refractivity contribution in [2.24, 2.45) is 0 Å². The Morgan fingerprint density at radius 2 is 1.47 bits per heavy atom. The number of ether oxygens (including phenoxy) is 3. The van der Waals surface area contributed by atoms with Crippen molar-refractivity contribution >= 4 is 17.7 Å². The number of methoxy groups -OCH3 is 1. The van der Waals surface area contributed by atoms with Gasteiger partial charge in [0.2, 0.25) is 0 Å². The number of urea groups is 1. The molecule has 0 saturated heterocycles. The molecule has 4 rings (SSSR count). The number of amides is 2. The summed E-state index contributed by atoms with van der Waals surface area (Å²) in [6.07, 6.45) is 0. The summed E-state index contributed by atoms with van der Waals surface area (Å²) >= 11 is 0. The van der Waals surface area contributed by atoms with Gasteiger partial charge >= 0.3 is 12.0 Å². The van der Waals surface area contributed by atoms with E-state index in [1.165, 1.54) is 5.56 Å². The second-order valence-corrected chi connectivity index (χ2v) is 8.66. The maximum Gasteiger partial charge on any atom is 0.338 e. The first kappa shape index (κ1) is 24.9. The topological polar surface area (TPSA) is 85.9 Å². The van der Waals surface area contributed by atoms with Crippen LogP contribution in [0.25, 0.3) is 5.70 Å². The average Bonchev–Trinajstić information content (AvgIpc) is 2.89. The first-order valence-corrected chi connectivity index (χ1v) is 11.9. The highest BCUT2D eigenvalue weighted by Crippen LogP contribution is 2.34. The third kappa shape index (κ3) is 5.51. The van der Waals surface area contributed by atoms with E-state index in [1.807, 2.05) is 36.4 Å². The lowest BCUT2D eigenvalue weighted by Crippen LogP contribution is -2.45. The second kappa shape index (κ2) is 11.0. The fraction of sp³-hybridized carbons (Fsp3) is 0.241. The van der Waals surface area contributed by atoms with Gasteiger partial charge in [-0.3, -0.25) is 0 Å². The summed E-state index contributed by atoms with van der Waals surface area (Å²) in [4.78, 5) is 25.7. The van der Waals surface area contributed by atoms with Crippen LogP contribution in [0.4, 0.5) is 4.79 Å². The Balaban J connectivity index is 1.65. The molecule has 186 valence electrons.